The summed E-state index contributed by atoms with van der Waals surface area (Å²) in [6.07, 6.45) is 7.07. The standard InChI is InChI=1S/C16H31N3/c1-13(2)14-12-19(10-5-8-17-14)16-7-11-18-9-4-3-6-15(16)18/h13-17H,3-12H2,1-2H3. The molecule has 3 heterocycles. The van der Waals surface area contributed by atoms with Crippen molar-refractivity contribution in [1.29, 1.82) is 0 Å². The normalized spacial score (nSPS) is 38.4. The maximum Gasteiger partial charge on any atom is 0.0264 e. The molecule has 3 unspecified atom stereocenters. The van der Waals surface area contributed by atoms with Crippen molar-refractivity contribution < 1.29 is 0 Å². The lowest BCUT2D eigenvalue weighted by Gasteiger charge is -2.38. The number of hydrogen-bond donors (Lipinski definition) is 1. The van der Waals surface area contributed by atoms with E-state index in [1.165, 1.54) is 64.8 Å². The van der Waals surface area contributed by atoms with Crippen LogP contribution in [0.4, 0.5) is 0 Å². The third kappa shape index (κ3) is 2.98. The predicted molar refractivity (Wildman–Crippen MR) is 80.4 cm³/mol. The fraction of sp³-hybridized carbons (Fsp3) is 1.00. The molecule has 3 heteroatoms. The van der Waals surface area contributed by atoms with E-state index >= 15 is 0 Å². The van der Waals surface area contributed by atoms with Crippen LogP contribution in [0.3, 0.4) is 0 Å². The SMILES string of the molecule is CC(C)C1CN(C2CCN3CCCCC23)CCCN1. The molecule has 3 nitrogen and oxygen atoms in total. The monoisotopic (exact) mass is 265 g/mol. The molecule has 0 aliphatic carbocycles. The molecule has 0 aromatic heterocycles. The lowest BCUT2D eigenvalue weighted by atomic mass is 9.96. The van der Waals surface area contributed by atoms with Crippen LogP contribution in [0.5, 0.6) is 0 Å². The number of nitrogens with zero attached hydrogens (tertiary/aromatic N) is 2. The van der Waals surface area contributed by atoms with Gasteiger partial charge in [-0.15, -0.1) is 0 Å². The quantitative estimate of drug-likeness (QED) is 0.823. The van der Waals surface area contributed by atoms with E-state index in [-0.39, 0.29) is 0 Å². The Labute approximate surface area is 118 Å². The highest BCUT2D eigenvalue weighted by atomic mass is 15.3. The van der Waals surface area contributed by atoms with Crippen LogP contribution in [0.2, 0.25) is 0 Å². The van der Waals surface area contributed by atoms with Crippen molar-refractivity contribution in [2.45, 2.75) is 64.1 Å². The summed E-state index contributed by atoms with van der Waals surface area (Å²) in [6.45, 7) is 11.2. The minimum absolute atomic E-state index is 0.695. The summed E-state index contributed by atoms with van der Waals surface area (Å²) in [5.74, 6) is 0.754. The molecule has 3 aliphatic heterocycles. The summed E-state index contributed by atoms with van der Waals surface area (Å²) in [6, 6.07) is 2.42. The molecular weight excluding hydrogens is 234 g/mol. The zero-order valence-corrected chi connectivity index (χ0v) is 12.8. The average Bonchev–Trinajstić information content (AvgIpc) is 2.68. The minimum Gasteiger partial charge on any atom is -0.312 e. The van der Waals surface area contributed by atoms with E-state index in [1.54, 1.807) is 0 Å². The van der Waals surface area contributed by atoms with Crippen LogP contribution in [0.25, 0.3) is 0 Å². The van der Waals surface area contributed by atoms with E-state index in [0.717, 1.165) is 18.0 Å². The van der Waals surface area contributed by atoms with Crippen LogP contribution >= 0.6 is 0 Å². The Morgan fingerprint density at radius 1 is 0.895 bits per heavy atom. The van der Waals surface area contributed by atoms with Gasteiger partial charge in [-0.3, -0.25) is 9.80 Å². The molecule has 19 heavy (non-hydrogen) atoms. The summed E-state index contributed by atoms with van der Waals surface area (Å²) < 4.78 is 0. The molecule has 1 N–H and O–H groups in total. The van der Waals surface area contributed by atoms with Gasteiger partial charge in [0.1, 0.15) is 0 Å². The Balaban J connectivity index is 1.66. The van der Waals surface area contributed by atoms with Gasteiger partial charge in [0.25, 0.3) is 0 Å². The van der Waals surface area contributed by atoms with Crippen LogP contribution in [-0.4, -0.2) is 60.6 Å². The number of piperidine rings is 1. The highest BCUT2D eigenvalue weighted by Crippen LogP contribution is 2.31. The molecule has 110 valence electrons. The van der Waals surface area contributed by atoms with E-state index in [1.807, 2.05) is 0 Å². The van der Waals surface area contributed by atoms with E-state index in [2.05, 4.69) is 29.0 Å². The van der Waals surface area contributed by atoms with Crippen LogP contribution in [0.1, 0.15) is 46.0 Å². The second-order valence-electron chi connectivity index (χ2n) is 7.11. The Morgan fingerprint density at radius 3 is 2.53 bits per heavy atom. The first-order chi connectivity index (χ1) is 9.25. The maximum atomic E-state index is 3.75. The summed E-state index contributed by atoms with van der Waals surface area (Å²) in [5.41, 5.74) is 0. The summed E-state index contributed by atoms with van der Waals surface area (Å²) in [4.78, 5) is 5.61. The zero-order valence-electron chi connectivity index (χ0n) is 12.8. The number of fused-ring (bicyclic) bond motifs is 1. The van der Waals surface area contributed by atoms with Gasteiger partial charge >= 0.3 is 0 Å². The van der Waals surface area contributed by atoms with Crippen molar-refractivity contribution >= 4 is 0 Å². The van der Waals surface area contributed by atoms with Gasteiger partial charge in [0.15, 0.2) is 0 Å². The van der Waals surface area contributed by atoms with E-state index in [9.17, 15) is 0 Å². The maximum absolute atomic E-state index is 3.75. The highest BCUT2D eigenvalue weighted by molar-refractivity contribution is 4.97. The van der Waals surface area contributed by atoms with Gasteiger partial charge in [-0.25, -0.2) is 0 Å². The zero-order chi connectivity index (χ0) is 13.2. The van der Waals surface area contributed by atoms with Crippen LogP contribution < -0.4 is 5.32 Å². The lowest BCUT2D eigenvalue weighted by Crippen LogP contribution is -2.50. The molecule has 0 aromatic carbocycles. The summed E-state index contributed by atoms with van der Waals surface area (Å²) in [5, 5.41) is 3.75. The number of hydrogen-bond acceptors (Lipinski definition) is 3. The number of nitrogens with one attached hydrogen (secondary N) is 1. The fourth-order valence-corrected chi connectivity index (χ4v) is 4.37. The lowest BCUT2D eigenvalue weighted by molar-refractivity contribution is 0.108. The van der Waals surface area contributed by atoms with Gasteiger partial charge in [0.2, 0.25) is 0 Å². The van der Waals surface area contributed by atoms with Crippen molar-refractivity contribution in [3.8, 4) is 0 Å². The van der Waals surface area contributed by atoms with Crippen molar-refractivity contribution in [2.24, 2.45) is 5.92 Å². The van der Waals surface area contributed by atoms with E-state index in [4.69, 9.17) is 0 Å². The first-order valence-corrected chi connectivity index (χ1v) is 8.47. The van der Waals surface area contributed by atoms with Crippen LogP contribution in [0.15, 0.2) is 0 Å². The minimum atomic E-state index is 0.695. The van der Waals surface area contributed by atoms with Gasteiger partial charge in [-0.1, -0.05) is 20.3 Å². The largest absolute Gasteiger partial charge is 0.312 e. The summed E-state index contributed by atoms with van der Waals surface area (Å²) in [7, 11) is 0. The van der Waals surface area contributed by atoms with Gasteiger partial charge < -0.3 is 5.32 Å². The second kappa shape index (κ2) is 6.11. The van der Waals surface area contributed by atoms with Gasteiger partial charge in [0, 0.05) is 31.2 Å². The Kier molecular flexibility index (Phi) is 4.45. The Bertz CT molecular complexity index is 292. The average molecular weight is 265 g/mol. The highest BCUT2D eigenvalue weighted by Gasteiger charge is 2.39. The van der Waals surface area contributed by atoms with Crippen molar-refractivity contribution in [3.05, 3.63) is 0 Å². The molecule has 0 saturated carbocycles. The molecule has 0 radical (unpaired) electrons. The summed E-state index contributed by atoms with van der Waals surface area (Å²) >= 11 is 0. The van der Waals surface area contributed by atoms with Gasteiger partial charge in [0.05, 0.1) is 0 Å². The Hall–Kier alpha value is -0.120. The molecule has 0 aromatic rings. The van der Waals surface area contributed by atoms with Gasteiger partial charge in [-0.05, 0) is 51.2 Å². The molecule has 3 fully saturated rings. The third-order valence-corrected chi connectivity index (χ3v) is 5.55. The molecule has 3 rings (SSSR count). The molecule has 0 bridgehead atoms. The van der Waals surface area contributed by atoms with Crippen molar-refractivity contribution in [2.75, 3.05) is 32.7 Å². The van der Waals surface area contributed by atoms with Crippen LogP contribution in [0, 0.1) is 5.92 Å². The number of rotatable bonds is 2. The third-order valence-electron chi connectivity index (χ3n) is 5.55. The van der Waals surface area contributed by atoms with E-state index < -0.39 is 0 Å². The molecule has 0 amide bonds. The topological polar surface area (TPSA) is 18.5 Å². The molecule has 3 atom stereocenters. The van der Waals surface area contributed by atoms with Crippen molar-refractivity contribution in [1.82, 2.24) is 15.1 Å². The molecular formula is C16H31N3. The first-order valence-electron chi connectivity index (χ1n) is 8.47. The van der Waals surface area contributed by atoms with Crippen LogP contribution in [-0.2, 0) is 0 Å². The second-order valence-corrected chi connectivity index (χ2v) is 7.11. The van der Waals surface area contributed by atoms with Crippen molar-refractivity contribution in [3.63, 3.8) is 0 Å². The molecule has 3 aliphatic rings. The first kappa shape index (κ1) is 13.8. The van der Waals surface area contributed by atoms with Gasteiger partial charge in [-0.2, -0.15) is 0 Å². The smallest absolute Gasteiger partial charge is 0.0264 e. The fourth-order valence-electron chi connectivity index (χ4n) is 4.37. The Morgan fingerprint density at radius 2 is 1.68 bits per heavy atom. The van der Waals surface area contributed by atoms with E-state index in [0.29, 0.717) is 6.04 Å². The molecule has 0 spiro atoms. The molecule has 3 saturated heterocycles. The predicted octanol–water partition coefficient (Wildman–Crippen LogP) is 1.93.